The lowest BCUT2D eigenvalue weighted by atomic mass is 10.0. The monoisotopic (exact) mass is 445 g/mol. The summed E-state index contributed by atoms with van der Waals surface area (Å²) >= 11 is 0. The van der Waals surface area contributed by atoms with Crippen LogP contribution in [0, 0.1) is 11.3 Å². The molecule has 0 bridgehead atoms. The summed E-state index contributed by atoms with van der Waals surface area (Å²) in [5.41, 5.74) is 7.72. The maximum Gasteiger partial charge on any atom is 0.408 e. The SMILES string of the molecule is CC(C)(C)N(C(=O)O)[C@H]1CCN(c2nc(Nc3cc(N)cc(C#N)c3)nc3ccccc23)C1. The first-order valence-electron chi connectivity index (χ1n) is 10.8. The highest BCUT2D eigenvalue weighted by Crippen LogP contribution is 2.32. The number of nitrogen functional groups attached to an aromatic ring is 1. The van der Waals surface area contributed by atoms with Gasteiger partial charge in [-0.2, -0.15) is 10.2 Å². The number of nitrogens with one attached hydrogen (secondary N) is 1. The highest BCUT2D eigenvalue weighted by atomic mass is 16.4. The molecule has 33 heavy (non-hydrogen) atoms. The number of amides is 1. The van der Waals surface area contributed by atoms with E-state index in [0.717, 1.165) is 16.7 Å². The molecule has 4 N–H and O–H groups in total. The molecule has 1 amide bonds. The van der Waals surface area contributed by atoms with E-state index >= 15 is 0 Å². The molecule has 0 radical (unpaired) electrons. The van der Waals surface area contributed by atoms with E-state index in [2.05, 4.69) is 21.3 Å². The largest absolute Gasteiger partial charge is 0.465 e. The summed E-state index contributed by atoms with van der Waals surface area (Å²) in [6.07, 6.45) is -0.204. The number of para-hydroxylation sites is 1. The van der Waals surface area contributed by atoms with Crippen molar-refractivity contribution in [2.75, 3.05) is 29.0 Å². The van der Waals surface area contributed by atoms with Crippen LogP contribution in [-0.4, -0.2) is 50.7 Å². The number of nitrogens with two attached hydrogens (primary N) is 1. The van der Waals surface area contributed by atoms with Gasteiger partial charge in [0.05, 0.1) is 23.2 Å². The van der Waals surface area contributed by atoms with Gasteiger partial charge in [-0.1, -0.05) is 12.1 Å². The summed E-state index contributed by atoms with van der Waals surface area (Å²) in [7, 11) is 0. The molecule has 0 unspecified atom stereocenters. The predicted octanol–water partition coefficient (Wildman–Crippen LogP) is 4.18. The van der Waals surface area contributed by atoms with Gasteiger partial charge in [-0.3, -0.25) is 4.90 Å². The summed E-state index contributed by atoms with van der Waals surface area (Å²) < 4.78 is 0. The molecule has 9 nitrogen and oxygen atoms in total. The van der Waals surface area contributed by atoms with Crippen molar-refractivity contribution >= 4 is 40.1 Å². The molecule has 1 aliphatic heterocycles. The van der Waals surface area contributed by atoms with Crippen LogP contribution in [0.5, 0.6) is 0 Å². The molecule has 2 aromatic carbocycles. The van der Waals surface area contributed by atoms with Gasteiger partial charge in [0.2, 0.25) is 5.95 Å². The van der Waals surface area contributed by atoms with Crippen LogP contribution in [0.2, 0.25) is 0 Å². The minimum atomic E-state index is -0.917. The number of carboxylic acid groups (broad SMARTS) is 1. The normalized spacial score (nSPS) is 15.9. The third-order valence-corrected chi connectivity index (χ3v) is 5.68. The van der Waals surface area contributed by atoms with Crippen LogP contribution < -0.4 is 16.0 Å². The van der Waals surface area contributed by atoms with Crippen molar-refractivity contribution in [2.45, 2.75) is 38.8 Å². The minimum absolute atomic E-state index is 0.139. The smallest absolute Gasteiger partial charge is 0.408 e. The van der Waals surface area contributed by atoms with Crippen LogP contribution in [0.4, 0.5) is 27.9 Å². The zero-order valence-corrected chi connectivity index (χ0v) is 18.9. The molecule has 1 aliphatic rings. The Morgan fingerprint density at radius 2 is 2.03 bits per heavy atom. The predicted molar refractivity (Wildman–Crippen MR) is 129 cm³/mol. The number of carbonyl (C=O) groups is 1. The van der Waals surface area contributed by atoms with Gasteiger partial charge >= 0.3 is 6.09 Å². The third kappa shape index (κ3) is 4.60. The Bertz CT molecular complexity index is 1250. The number of nitriles is 1. The summed E-state index contributed by atoms with van der Waals surface area (Å²) in [6, 6.07) is 14.7. The van der Waals surface area contributed by atoms with E-state index in [9.17, 15) is 15.2 Å². The van der Waals surface area contributed by atoms with Crippen LogP contribution in [0.15, 0.2) is 42.5 Å². The lowest BCUT2D eigenvalue weighted by Gasteiger charge is -2.38. The maximum absolute atomic E-state index is 12.0. The molecule has 1 aromatic heterocycles. The molecule has 9 heteroatoms. The summed E-state index contributed by atoms with van der Waals surface area (Å²) in [5, 5.41) is 23.1. The van der Waals surface area contributed by atoms with E-state index in [1.807, 2.05) is 45.0 Å². The Labute approximate surface area is 192 Å². The summed E-state index contributed by atoms with van der Waals surface area (Å²) in [4.78, 5) is 25.0. The molecule has 4 rings (SSSR count). The lowest BCUT2D eigenvalue weighted by molar-refractivity contribution is 0.0763. The fourth-order valence-corrected chi connectivity index (χ4v) is 4.41. The van der Waals surface area contributed by atoms with Crippen LogP contribution >= 0.6 is 0 Å². The first-order valence-corrected chi connectivity index (χ1v) is 10.8. The van der Waals surface area contributed by atoms with E-state index in [1.165, 1.54) is 4.90 Å². The highest BCUT2D eigenvalue weighted by Gasteiger charge is 2.38. The highest BCUT2D eigenvalue weighted by molar-refractivity contribution is 5.91. The van der Waals surface area contributed by atoms with E-state index < -0.39 is 11.6 Å². The maximum atomic E-state index is 12.0. The molecule has 2 heterocycles. The van der Waals surface area contributed by atoms with Gasteiger partial charge in [-0.05, 0) is 57.5 Å². The zero-order chi connectivity index (χ0) is 23.8. The fourth-order valence-electron chi connectivity index (χ4n) is 4.41. The molecular formula is C24H27N7O2. The molecule has 0 spiro atoms. The number of hydrogen-bond acceptors (Lipinski definition) is 7. The molecular weight excluding hydrogens is 418 g/mol. The standard InChI is InChI=1S/C24H27N7O2/c1-24(2,3)31(23(32)33)18-8-9-30(14-18)21-19-6-4-5-7-20(19)28-22(29-21)27-17-11-15(13-25)10-16(26)12-17/h4-7,10-12,18H,8-9,14,26H2,1-3H3,(H,32,33)(H,27,28,29)/t18-/m0/s1. The number of hydrogen-bond donors (Lipinski definition) is 3. The van der Waals surface area contributed by atoms with Crippen molar-refractivity contribution in [3.63, 3.8) is 0 Å². The molecule has 1 saturated heterocycles. The van der Waals surface area contributed by atoms with Crippen LogP contribution in [0.25, 0.3) is 10.9 Å². The van der Waals surface area contributed by atoms with Gasteiger partial charge in [-0.15, -0.1) is 0 Å². The van der Waals surface area contributed by atoms with Crippen molar-refractivity contribution in [1.82, 2.24) is 14.9 Å². The Kier molecular flexibility index (Phi) is 5.68. The van der Waals surface area contributed by atoms with Gasteiger partial charge in [0.25, 0.3) is 0 Å². The van der Waals surface area contributed by atoms with E-state index in [0.29, 0.717) is 42.4 Å². The van der Waals surface area contributed by atoms with Crippen LogP contribution in [-0.2, 0) is 0 Å². The summed E-state index contributed by atoms with van der Waals surface area (Å²) in [6.45, 7) is 6.95. The molecule has 1 atom stereocenters. The topological polar surface area (TPSA) is 131 Å². The molecule has 1 fully saturated rings. The minimum Gasteiger partial charge on any atom is -0.465 e. The lowest BCUT2D eigenvalue weighted by Crippen LogP contribution is -2.52. The molecule has 170 valence electrons. The van der Waals surface area contributed by atoms with Gasteiger partial charge in [-0.25, -0.2) is 9.78 Å². The Balaban J connectivity index is 1.69. The van der Waals surface area contributed by atoms with E-state index in [4.69, 9.17) is 10.7 Å². The zero-order valence-electron chi connectivity index (χ0n) is 18.9. The van der Waals surface area contributed by atoms with Gasteiger partial charge in [0, 0.05) is 35.4 Å². The average molecular weight is 446 g/mol. The first kappa shape index (κ1) is 22.1. The number of rotatable bonds is 4. The Morgan fingerprint density at radius 3 is 2.73 bits per heavy atom. The second-order valence-corrected chi connectivity index (χ2v) is 9.18. The quantitative estimate of drug-likeness (QED) is 0.510. The summed E-state index contributed by atoms with van der Waals surface area (Å²) in [5.74, 6) is 1.13. The molecule has 0 saturated carbocycles. The van der Waals surface area contributed by atoms with Crippen molar-refractivity contribution in [2.24, 2.45) is 0 Å². The number of fused-ring (bicyclic) bond motifs is 1. The van der Waals surface area contributed by atoms with Gasteiger partial charge in [0.1, 0.15) is 5.82 Å². The van der Waals surface area contributed by atoms with Crippen molar-refractivity contribution in [1.29, 1.82) is 5.26 Å². The van der Waals surface area contributed by atoms with Crippen LogP contribution in [0.1, 0.15) is 32.8 Å². The Morgan fingerprint density at radius 1 is 1.27 bits per heavy atom. The van der Waals surface area contributed by atoms with Gasteiger partial charge in [0.15, 0.2) is 0 Å². The second kappa shape index (κ2) is 8.47. The van der Waals surface area contributed by atoms with E-state index in [1.54, 1.807) is 18.2 Å². The van der Waals surface area contributed by atoms with E-state index in [-0.39, 0.29) is 6.04 Å². The number of aromatic nitrogens is 2. The average Bonchev–Trinajstić information content (AvgIpc) is 3.20. The van der Waals surface area contributed by atoms with Crippen molar-refractivity contribution < 1.29 is 9.90 Å². The van der Waals surface area contributed by atoms with Crippen molar-refractivity contribution in [3.8, 4) is 6.07 Å². The third-order valence-electron chi connectivity index (χ3n) is 5.68. The second-order valence-electron chi connectivity index (χ2n) is 9.18. The molecule has 3 aromatic rings. The molecule has 0 aliphatic carbocycles. The Hall–Kier alpha value is -4.06. The van der Waals surface area contributed by atoms with Crippen molar-refractivity contribution in [3.05, 3.63) is 48.0 Å². The number of anilines is 4. The number of nitrogens with zero attached hydrogens (tertiary/aromatic N) is 5. The fraction of sp³-hybridized carbons (Fsp3) is 0.333. The van der Waals surface area contributed by atoms with Gasteiger partial charge < -0.3 is 21.1 Å². The van der Waals surface area contributed by atoms with Crippen LogP contribution in [0.3, 0.4) is 0 Å². The first-order chi connectivity index (χ1) is 15.7. The number of benzene rings is 2.